The van der Waals surface area contributed by atoms with Crippen LogP contribution in [0.2, 0.25) is 0 Å². The van der Waals surface area contributed by atoms with Crippen LogP contribution in [0.15, 0.2) is 48.5 Å². The summed E-state index contributed by atoms with van der Waals surface area (Å²) in [5, 5.41) is 2.66. The Kier molecular flexibility index (Phi) is 7.15. The molecule has 8 nitrogen and oxygen atoms in total. The lowest BCUT2D eigenvalue weighted by Crippen LogP contribution is -2.43. The summed E-state index contributed by atoms with van der Waals surface area (Å²) in [4.78, 5) is 51.3. The number of ether oxygens (including phenoxy) is 2. The largest absolute Gasteiger partial charge is 0.467 e. The van der Waals surface area contributed by atoms with Crippen molar-refractivity contribution >= 4 is 23.7 Å². The van der Waals surface area contributed by atoms with E-state index in [0.717, 1.165) is 10.5 Å². The molecule has 162 valence electrons. The lowest BCUT2D eigenvalue weighted by Gasteiger charge is -2.17. The maximum absolute atomic E-state index is 12.8. The van der Waals surface area contributed by atoms with Crippen LogP contribution in [0.5, 0.6) is 0 Å². The number of imide groups is 1. The number of carbonyl (C=O) groups excluding carboxylic acids is 4. The van der Waals surface area contributed by atoms with E-state index in [4.69, 9.17) is 9.47 Å². The molecule has 8 heteroatoms. The Bertz CT molecular complexity index is 989. The molecule has 1 heterocycles. The van der Waals surface area contributed by atoms with Gasteiger partial charge < -0.3 is 14.8 Å². The Hall–Kier alpha value is -3.52. The highest BCUT2D eigenvalue weighted by atomic mass is 16.5. The summed E-state index contributed by atoms with van der Waals surface area (Å²) in [6.45, 7) is 0.667. The monoisotopic (exact) mass is 424 g/mol. The van der Waals surface area contributed by atoms with Gasteiger partial charge in [0.05, 0.1) is 18.2 Å². The number of hydrogen-bond donors (Lipinski definition) is 1. The van der Waals surface area contributed by atoms with Gasteiger partial charge in [-0.2, -0.15) is 0 Å². The summed E-state index contributed by atoms with van der Waals surface area (Å²) in [7, 11) is 2.80. The molecule has 0 unspecified atom stereocenters. The minimum Gasteiger partial charge on any atom is -0.467 e. The Labute approximate surface area is 180 Å². The fourth-order valence-corrected chi connectivity index (χ4v) is 3.43. The number of esters is 1. The van der Waals surface area contributed by atoms with Crippen molar-refractivity contribution in [1.29, 1.82) is 0 Å². The third-order valence-corrected chi connectivity index (χ3v) is 5.04. The first kappa shape index (κ1) is 22.2. The Balaban J connectivity index is 1.76. The molecule has 1 aliphatic heterocycles. The number of hydrogen-bond acceptors (Lipinski definition) is 6. The SMILES string of the molecule is COCCCN1C(=O)c2ccc(C(=O)N[C@H](Cc3ccccc3)C(=O)OC)cc2C1=O. The number of fused-ring (bicyclic) bond motifs is 1. The summed E-state index contributed by atoms with van der Waals surface area (Å²) in [5.74, 6) is -1.94. The lowest BCUT2D eigenvalue weighted by atomic mass is 10.0. The summed E-state index contributed by atoms with van der Waals surface area (Å²) < 4.78 is 9.79. The van der Waals surface area contributed by atoms with Crippen molar-refractivity contribution < 1.29 is 28.7 Å². The van der Waals surface area contributed by atoms with Crippen LogP contribution in [0, 0.1) is 0 Å². The molecule has 0 aromatic heterocycles. The van der Waals surface area contributed by atoms with E-state index in [1.165, 1.54) is 25.3 Å². The summed E-state index contributed by atoms with van der Waals surface area (Å²) in [6, 6.07) is 12.7. The zero-order valence-electron chi connectivity index (χ0n) is 17.4. The fourth-order valence-electron chi connectivity index (χ4n) is 3.43. The second-order valence-corrected chi connectivity index (χ2v) is 7.11. The average molecular weight is 424 g/mol. The highest BCUT2D eigenvalue weighted by Gasteiger charge is 2.35. The number of methoxy groups -OCH3 is 2. The van der Waals surface area contributed by atoms with Crippen LogP contribution in [0.3, 0.4) is 0 Å². The molecule has 31 heavy (non-hydrogen) atoms. The normalized spacial score (nSPS) is 13.7. The number of nitrogens with zero attached hydrogens (tertiary/aromatic N) is 1. The van der Waals surface area contributed by atoms with Gasteiger partial charge in [0.1, 0.15) is 6.04 Å². The zero-order valence-corrected chi connectivity index (χ0v) is 17.4. The third-order valence-electron chi connectivity index (χ3n) is 5.04. The summed E-state index contributed by atoms with van der Waals surface area (Å²) in [6.07, 6.45) is 0.782. The predicted octanol–water partition coefficient (Wildman–Crippen LogP) is 1.83. The number of rotatable bonds is 9. The highest BCUT2D eigenvalue weighted by molar-refractivity contribution is 6.22. The van der Waals surface area contributed by atoms with E-state index in [-0.39, 0.29) is 35.6 Å². The van der Waals surface area contributed by atoms with Crippen molar-refractivity contribution in [3.63, 3.8) is 0 Å². The van der Waals surface area contributed by atoms with Gasteiger partial charge in [-0.1, -0.05) is 30.3 Å². The molecule has 0 fully saturated rings. The summed E-state index contributed by atoms with van der Waals surface area (Å²) >= 11 is 0. The molecular formula is C23H24N2O6. The van der Waals surface area contributed by atoms with E-state index in [1.54, 1.807) is 7.11 Å². The van der Waals surface area contributed by atoms with Crippen molar-refractivity contribution in [2.24, 2.45) is 0 Å². The molecule has 1 atom stereocenters. The van der Waals surface area contributed by atoms with Gasteiger partial charge in [-0.15, -0.1) is 0 Å². The van der Waals surface area contributed by atoms with E-state index < -0.39 is 23.8 Å². The van der Waals surface area contributed by atoms with Crippen LogP contribution < -0.4 is 5.32 Å². The van der Waals surface area contributed by atoms with Crippen molar-refractivity contribution in [3.8, 4) is 0 Å². The maximum atomic E-state index is 12.8. The number of carbonyl (C=O) groups is 4. The van der Waals surface area contributed by atoms with E-state index in [1.807, 2.05) is 30.3 Å². The summed E-state index contributed by atoms with van der Waals surface area (Å²) in [5.41, 5.74) is 1.47. The molecule has 0 bridgehead atoms. The van der Waals surface area contributed by atoms with Gasteiger partial charge in [0, 0.05) is 32.2 Å². The molecule has 0 saturated heterocycles. The lowest BCUT2D eigenvalue weighted by molar-refractivity contribution is -0.142. The molecule has 2 aromatic rings. The molecule has 0 radical (unpaired) electrons. The molecule has 0 spiro atoms. The second kappa shape index (κ2) is 9.99. The van der Waals surface area contributed by atoms with Crippen molar-refractivity contribution in [2.75, 3.05) is 27.4 Å². The van der Waals surface area contributed by atoms with Crippen LogP contribution in [0.4, 0.5) is 0 Å². The van der Waals surface area contributed by atoms with Gasteiger partial charge >= 0.3 is 5.97 Å². The van der Waals surface area contributed by atoms with Gasteiger partial charge in [-0.05, 0) is 30.2 Å². The van der Waals surface area contributed by atoms with Crippen molar-refractivity contribution in [3.05, 3.63) is 70.8 Å². The molecule has 3 rings (SSSR count). The van der Waals surface area contributed by atoms with E-state index >= 15 is 0 Å². The minimum absolute atomic E-state index is 0.174. The standard InChI is InChI=1S/C23H24N2O6/c1-30-12-6-11-25-21(27)17-10-9-16(14-18(17)22(25)28)20(26)24-19(23(29)31-2)13-15-7-4-3-5-8-15/h3-5,7-10,14,19H,6,11-13H2,1-2H3,(H,24,26)/t19-/m1/s1. The van der Waals surface area contributed by atoms with Gasteiger partial charge in [0.2, 0.25) is 0 Å². The van der Waals surface area contributed by atoms with Gasteiger partial charge in [-0.25, -0.2) is 4.79 Å². The Morgan fingerprint density at radius 1 is 1.00 bits per heavy atom. The van der Waals surface area contributed by atoms with E-state index in [9.17, 15) is 19.2 Å². The first-order chi connectivity index (χ1) is 15.0. The quantitative estimate of drug-likeness (QED) is 0.374. The van der Waals surface area contributed by atoms with Crippen molar-refractivity contribution in [1.82, 2.24) is 10.2 Å². The molecule has 1 N–H and O–H groups in total. The molecule has 3 amide bonds. The second-order valence-electron chi connectivity index (χ2n) is 7.11. The highest BCUT2D eigenvalue weighted by Crippen LogP contribution is 2.24. The first-order valence-electron chi connectivity index (χ1n) is 9.88. The zero-order chi connectivity index (χ0) is 22.4. The third kappa shape index (κ3) is 4.97. The van der Waals surface area contributed by atoms with Gasteiger partial charge in [0.25, 0.3) is 17.7 Å². The maximum Gasteiger partial charge on any atom is 0.328 e. The van der Waals surface area contributed by atoms with Crippen LogP contribution in [0.25, 0.3) is 0 Å². The topological polar surface area (TPSA) is 102 Å². The molecule has 0 saturated carbocycles. The molecule has 0 aliphatic carbocycles. The number of amides is 3. The first-order valence-corrected chi connectivity index (χ1v) is 9.88. The molecule has 2 aromatic carbocycles. The Morgan fingerprint density at radius 3 is 2.39 bits per heavy atom. The fraction of sp³-hybridized carbons (Fsp3) is 0.304. The van der Waals surface area contributed by atoms with Crippen LogP contribution in [-0.4, -0.2) is 62.0 Å². The van der Waals surface area contributed by atoms with Gasteiger partial charge in [-0.3, -0.25) is 19.3 Å². The van der Waals surface area contributed by atoms with E-state index in [2.05, 4.69) is 5.32 Å². The number of nitrogens with one attached hydrogen (secondary N) is 1. The molecular weight excluding hydrogens is 400 g/mol. The minimum atomic E-state index is -0.893. The van der Waals surface area contributed by atoms with Crippen LogP contribution in [-0.2, 0) is 20.7 Å². The van der Waals surface area contributed by atoms with Gasteiger partial charge in [0.15, 0.2) is 0 Å². The molecule has 1 aliphatic rings. The Morgan fingerprint density at radius 2 is 1.71 bits per heavy atom. The van der Waals surface area contributed by atoms with Crippen LogP contribution >= 0.6 is 0 Å². The smallest absolute Gasteiger partial charge is 0.328 e. The van der Waals surface area contributed by atoms with Crippen LogP contribution in [0.1, 0.15) is 43.1 Å². The predicted molar refractivity (Wildman–Crippen MR) is 112 cm³/mol. The van der Waals surface area contributed by atoms with E-state index in [0.29, 0.717) is 13.0 Å². The number of benzene rings is 2. The average Bonchev–Trinajstić information content (AvgIpc) is 3.03. The van der Waals surface area contributed by atoms with Crippen molar-refractivity contribution in [2.45, 2.75) is 18.9 Å².